The fourth-order valence-corrected chi connectivity index (χ4v) is 2.71. The molecule has 1 fully saturated rings. The normalized spacial score (nSPS) is 22.6. The Kier molecular flexibility index (Phi) is 5.77. The molecule has 1 aromatic rings. The third-order valence-corrected chi connectivity index (χ3v) is 3.96. The number of carboxylic acid groups (broad SMARTS) is 1. The van der Waals surface area contributed by atoms with Crippen molar-refractivity contribution >= 4 is 12.1 Å². The first-order valence-electron chi connectivity index (χ1n) is 7.44. The number of aliphatic hydroxyl groups excluding tert-OH is 1. The predicted molar refractivity (Wildman–Crippen MR) is 79.2 cm³/mol. The third-order valence-electron chi connectivity index (χ3n) is 3.96. The van der Waals surface area contributed by atoms with Crippen LogP contribution >= 0.6 is 0 Å². The van der Waals surface area contributed by atoms with Gasteiger partial charge in [0.25, 0.3) is 0 Å². The van der Waals surface area contributed by atoms with Crippen molar-refractivity contribution in [1.82, 2.24) is 5.32 Å². The number of aliphatic hydroxyl groups is 1. The molecule has 1 aliphatic rings. The maximum Gasteiger partial charge on any atom is 0.408 e. The second-order valence-electron chi connectivity index (χ2n) is 5.59. The van der Waals surface area contributed by atoms with E-state index in [-0.39, 0.29) is 18.6 Å². The minimum atomic E-state index is -1.07. The maximum atomic E-state index is 11.8. The van der Waals surface area contributed by atoms with E-state index in [1.807, 2.05) is 30.3 Å². The lowest BCUT2D eigenvalue weighted by Crippen LogP contribution is -2.47. The van der Waals surface area contributed by atoms with E-state index >= 15 is 0 Å². The number of hydrogen-bond acceptors (Lipinski definition) is 4. The zero-order valence-corrected chi connectivity index (χ0v) is 12.3. The van der Waals surface area contributed by atoms with Crippen molar-refractivity contribution in [3.63, 3.8) is 0 Å². The predicted octanol–water partition coefficient (Wildman–Crippen LogP) is 1.92. The van der Waals surface area contributed by atoms with Gasteiger partial charge in [-0.2, -0.15) is 0 Å². The van der Waals surface area contributed by atoms with Crippen LogP contribution in [0.25, 0.3) is 0 Å². The first-order valence-corrected chi connectivity index (χ1v) is 7.44. The molecule has 1 atom stereocenters. The van der Waals surface area contributed by atoms with E-state index in [2.05, 4.69) is 5.32 Å². The van der Waals surface area contributed by atoms with Crippen LogP contribution in [0.1, 0.15) is 31.2 Å². The summed E-state index contributed by atoms with van der Waals surface area (Å²) in [6, 6.07) is 8.21. The van der Waals surface area contributed by atoms with E-state index in [9.17, 15) is 19.8 Å². The Morgan fingerprint density at radius 1 is 1.18 bits per heavy atom. The van der Waals surface area contributed by atoms with Crippen LogP contribution in [-0.4, -0.2) is 34.4 Å². The highest BCUT2D eigenvalue weighted by molar-refractivity contribution is 5.80. The van der Waals surface area contributed by atoms with E-state index in [0.29, 0.717) is 25.7 Å². The summed E-state index contributed by atoms with van der Waals surface area (Å²) >= 11 is 0. The molecule has 1 saturated carbocycles. The number of rotatable bonds is 5. The Morgan fingerprint density at radius 2 is 1.82 bits per heavy atom. The van der Waals surface area contributed by atoms with Gasteiger partial charge in [0.2, 0.25) is 0 Å². The van der Waals surface area contributed by atoms with Gasteiger partial charge < -0.3 is 20.3 Å². The Balaban J connectivity index is 1.85. The van der Waals surface area contributed by atoms with Crippen molar-refractivity contribution in [2.24, 2.45) is 5.92 Å². The third kappa shape index (κ3) is 4.73. The molecule has 0 bridgehead atoms. The standard InChI is InChI=1S/C16H21NO5/c18-13-8-6-12(7-9-13)14(15(19)20)17-16(21)22-10-11-4-2-1-3-5-11/h1-5,12-14,18H,6-10H2,(H,17,21)(H,19,20). The van der Waals surface area contributed by atoms with Crippen LogP contribution in [0.15, 0.2) is 30.3 Å². The number of carboxylic acids is 1. The van der Waals surface area contributed by atoms with Gasteiger partial charge in [0.05, 0.1) is 6.10 Å². The summed E-state index contributed by atoms with van der Waals surface area (Å²) in [6.07, 6.45) is 1.19. The van der Waals surface area contributed by atoms with Crippen molar-refractivity contribution < 1.29 is 24.5 Å². The van der Waals surface area contributed by atoms with Gasteiger partial charge in [-0.3, -0.25) is 0 Å². The molecule has 3 N–H and O–H groups in total. The first kappa shape index (κ1) is 16.3. The summed E-state index contributed by atoms with van der Waals surface area (Å²) in [4.78, 5) is 23.1. The number of nitrogens with one attached hydrogen (secondary N) is 1. The molecule has 0 aromatic heterocycles. The topological polar surface area (TPSA) is 95.9 Å². The Hall–Kier alpha value is -2.08. The molecule has 1 aliphatic carbocycles. The molecule has 6 heteroatoms. The van der Waals surface area contributed by atoms with Crippen molar-refractivity contribution in [2.75, 3.05) is 0 Å². The van der Waals surface area contributed by atoms with Crippen LogP contribution < -0.4 is 5.32 Å². The highest BCUT2D eigenvalue weighted by Crippen LogP contribution is 2.27. The summed E-state index contributed by atoms with van der Waals surface area (Å²) in [6.45, 7) is 0.0996. The van der Waals surface area contributed by atoms with Gasteiger partial charge in [-0.05, 0) is 37.2 Å². The second kappa shape index (κ2) is 7.79. The van der Waals surface area contributed by atoms with Crippen molar-refractivity contribution in [1.29, 1.82) is 0 Å². The Bertz CT molecular complexity index is 497. The second-order valence-corrected chi connectivity index (χ2v) is 5.59. The van der Waals surface area contributed by atoms with Crippen LogP contribution in [0, 0.1) is 5.92 Å². The Labute approximate surface area is 129 Å². The summed E-state index contributed by atoms with van der Waals surface area (Å²) in [5.74, 6) is -1.25. The zero-order valence-electron chi connectivity index (χ0n) is 12.3. The first-order chi connectivity index (χ1) is 10.6. The number of amides is 1. The zero-order chi connectivity index (χ0) is 15.9. The average molecular weight is 307 g/mol. The van der Waals surface area contributed by atoms with E-state index in [1.54, 1.807) is 0 Å². The summed E-state index contributed by atoms with van der Waals surface area (Å²) in [5, 5.41) is 21.2. The van der Waals surface area contributed by atoms with E-state index in [0.717, 1.165) is 5.56 Å². The van der Waals surface area contributed by atoms with Crippen molar-refractivity contribution in [3.05, 3.63) is 35.9 Å². The van der Waals surface area contributed by atoms with Crippen LogP contribution in [0.5, 0.6) is 0 Å². The quantitative estimate of drug-likeness (QED) is 0.772. The highest BCUT2D eigenvalue weighted by Gasteiger charge is 2.33. The van der Waals surface area contributed by atoms with E-state index in [1.165, 1.54) is 0 Å². The lowest BCUT2D eigenvalue weighted by atomic mass is 9.82. The molecule has 2 rings (SSSR count). The summed E-state index contributed by atoms with van der Waals surface area (Å²) in [5.41, 5.74) is 0.838. The molecule has 120 valence electrons. The molecule has 22 heavy (non-hydrogen) atoms. The number of aliphatic carboxylic acids is 1. The fraction of sp³-hybridized carbons (Fsp3) is 0.500. The van der Waals surface area contributed by atoms with E-state index in [4.69, 9.17) is 4.74 Å². The molecule has 1 amide bonds. The van der Waals surface area contributed by atoms with Gasteiger partial charge >= 0.3 is 12.1 Å². The fourth-order valence-electron chi connectivity index (χ4n) is 2.71. The molecule has 0 radical (unpaired) electrons. The SMILES string of the molecule is O=C(NC(C(=O)O)C1CCC(O)CC1)OCc1ccccc1. The van der Waals surface area contributed by atoms with Gasteiger partial charge in [0.15, 0.2) is 0 Å². The summed E-state index contributed by atoms with van der Waals surface area (Å²) in [7, 11) is 0. The van der Waals surface area contributed by atoms with Crippen molar-refractivity contribution in [3.8, 4) is 0 Å². The van der Waals surface area contributed by atoms with Gasteiger partial charge in [-0.1, -0.05) is 30.3 Å². The minimum Gasteiger partial charge on any atom is -0.480 e. The van der Waals surface area contributed by atoms with Gasteiger partial charge in [0.1, 0.15) is 12.6 Å². The van der Waals surface area contributed by atoms with Gasteiger partial charge in [-0.15, -0.1) is 0 Å². The monoisotopic (exact) mass is 307 g/mol. The lowest BCUT2D eigenvalue weighted by Gasteiger charge is -2.30. The number of carbonyl (C=O) groups is 2. The molecule has 1 unspecified atom stereocenters. The number of hydrogen-bond donors (Lipinski definition) is 3. The van der Waals surface area contributed by atoms with Crippen molar-refractivity contribution in [2.45, 2.75) is 44.4 Å². The van der Waals surface area contributed by atoms with Crippen LogP contribution in [0.3, 0.4) is 0 Å². The van der Waals surface area contributed by atoms with Crippen LogP contribution in [-0.2, 0) is 16.1 Å². The smallest absolute Gasteiger partial charge is 0.408 e. The molecule has 0 aliphatic heterocycles. The maximum absolute atomic E-state index is 11.8. The molecule has 0 saturated heterocycles. The van der Waals surface area contributed by atoms with Crippen LogP contribution in [0.4, 0.5) is 4.79 Å². The van der Waals surface area contributed by atoms with Gasteiger partial charge in [0, 0.05) is 0 Å². The number of ether oxygens (including phenoxy) is 1. The highest BCUT2D eigenvalue weighted by atomic mass is 16.5. The average Bonchev–Trinajstić information content (AvgIpc) is 2.52. The Morgan fingerprint density at radius 3 is 2.41 bits per heavy atom. The molecule has 0 spiro atoms. The number of alkyl carbamates (subject to hydrolysis) is 1. The molecule has 0 heterocycles. The van der Waals surface area contributed by atoms with Gasteiger partial charge in [-0.25, -0.2) is 9.59 Å². The molecular weight excluding hydrogens is 286 g/mol. The molecule has 1 aromatic carbocycles. The minimum absolute atomic E-state index is 0.0996. The van der Waals surface area contributed by atoms with E-state index < -0.39 is 18.1 Å². The number of carbonyl (C=O) groups excluding carboxylic acids is 1. The molecule has 6 nitrogen and oxygen atoms in total. The lowest BCUT2D eigenvalue weighted by molar-refractivity contribution is -0.141. The largest absolute Gasteiger partial charge is 0.480 e. The molecular formula is C16H21NO5. The number of benzene rings is 1. The summed E-state index contributed by atoms with van der Waals surface area (Å²) < 4.78 is 5.06. The van der Waals surface area contributed by atoms with Crippen LogP contribution in [0.2, 0.25) is 0 Å².